The summed E-state index contributed by atoms with van der Waals surface area (Å²) in [5.41, 5.74) is 2.14. The highest BCUT2D eigenvalue weighted by Gasteiger charge is 2.26. The maximum absolute atomic E-state index is 13.6. The molecule has 0 fully saturated rings. The molecule has 24 heavy (non-hydrogen) atoms. The number of allylic oxidation sites excluding steroid dienone is 1. The number of hydrogen-bond acceptors (Lipinski definition) is 3. The second kappa shape index (κ2) is 7.13. The molecule has 1 atom stereocenters. The van der Waals surface area contributed by atoms with Crippen molar-refractivity contribution in [3.63, 3.8) is 0 Å². The van der Waals surface area contributed by atoms with E-state index in [1.54, 1.807) is 19.2 Å². The third-order valence-corrected chi connectivity index (χ3v) is 3.83. The fourth-order valence-electron chi connectivity index (χ4n) is 2.70. The van der Waals surface area contributed by atoms with Crippen LogP contribution in [-0.2, 0) is 9.53 Å². The molecule has 3 rings (SSSR count). The Bertz CT molecular complexity index is 783. The van der Waals surface area contributed by atoms with Crippen LogP contribution in [0.3, 0.4) is 0 Å². The van der Waals surface area contributed by atoms with Crippen LogP contribution in [0.1, 0.15) is 18.4 Å². The first kappa shape index (κ1) is 16.0. The number of carbonyl (C=O) groups excluding carboxylic acids is 1. The minimum Gasteiger partial charge on any atom is -0.463 e. The average molecular weight is 323 g/mol. The van der Waals surface area contributed by atoms with Crippen LogP contribution >= 0.6 is 0 Å². The highest BCUT2D eigenvalue weighted by atomic mass is 19.1. The maximum atomic E-state index is 13.6. The molecule has 0 aromatic heterocycles. The number of carbonyl (C=O) groups is 1. The molecule has 1 unspecified atom stereocenters. The van der Waals surface area contributed by atoms with Crippen LogP contribution in [0.15, 0.2) is 78.6 Å². The molecule has 1 aliphatic rings. The predicted molar refractivity (Wildman–Crippen MR) is 91.9 cm³/mol. The molecule has 4 heteroatoms. The lowest BCUT2D eigenvalue weighted by atomic mass is 9.89. The zero-order valence-corrected chi connectivity index (χ0v) is 13.4. The maximum Gasteiger partial charge on any atom is 0.336 e. The van der Waals surface area contributed by atoms with Crippen molar-refractivity contribution in [1.29, 1.82) is 0 Å². The molecule has 0 radical (unpaired) electrons. The quantitative estimate of drug-likeness (QED) is 0.782. The molecular formula is C20H18FNO2. The number of para-hydroxylation sites is 1. The Hall–Kier alpha value is -2.88. The number of ether oxygens (including phenoxy) is 1. The molecule has 0 bridgehead atoms. The fourth-order valence-corrected chi connectivity index (χ4v) is 2.70. The van der Waals surface area contributed by atoms with Crippen LogP contribution in [-0.4, -0.2) is 12.6 Å². The Morgan fingerprint density at radius 2 is 1.96 bits per heavy atom. The van der Waals surface area contributed by atoms with E-state index >= 15 is 0 Å². The van der Waals surface area contributed by atoms with Crippen LogP contribution in [0, 0.1) is 5.82 Å². The van der Waals surface area contributed by atoms with Crippen LogP contribution in [0.2, 0.25) is 0 Å². The molecule has 3 nitrogen and oxygen atoms in total. The van der Waals surface area contributed by atoms with Gasteiger partial charge in [-0.25, -0.2) is 9.18 Å². The molecule has 1 heterocycles. The molecule has 0 saturated heterocycles. The van der Waals surface area contributed by atoms with Gasteiger partial charge in [-0.15, -0.1) is 0 Å². The van der Waals surface area contributed by atoms with E-state index in [0.29, 0.717) is 12.2 Å². The van der Waals surface area contributed by atoms with Gasteiger partial charge in [-0.2, -0.15) is 0 Å². The average Bonchev–Trinajstić information content (AvgIpc) is 2.62. The van der Waals surface area contributed by atoms with Crippen molar-refractivity contribution in [3.8, 4) is 0 Å². The first-order valence-electron chi connectivity index (χ1n) is 7.85. The Morgan fingerprint density at radius 3 is 2.67 bits per heavy atom. The Kier molecular flexibility index (Phi) is 4.75. The van der Waals surface area contributed by atoms with Crippen molar-refractivity contribution in [2.75, 3.05) is 11.5 Å². The number of anilines is 1. The molecule has 0 saturated carbocycles. The molecule has 2 aromatic carbocycles. The largest absolute Gasteiger partial charge is 0.463 e. The van der Waals surface area contributed by atoms with Crippen molar-refractivity contribution in [2.24, 2.45) is 0 Å². The smallest absolute Gasteiger partial charge is 0.336 e. The number of benzene rings is 2. The molecule has 1 aliphatic heterocycles. The topological polar surface area (TPSA) is 29.5 Å². The van der Waals surface area contributed by atoms with Crippen molar-refractivity contribution in [1.82, 2.24) is 0 Å². The summed E-state index contributed by atoms with van der Waals surface area (Å²) < 4.78 is 18.8. The van der Waals surface area contributed by atoms with E-state index in [0.717, 1.165) is 11.3 Å². The van der Waals surface area contributed by atoms with Gasteiger partial charge in [0.05, 0.1) is 12.2 Å². The fraction of sp³-hybridized carbons (Fsp3) is 0.150. The molecule has 0 aliphatic carbocycles. The van der Waals surface area contributed by atoms with Gasteiger partial charge < -0.3 is 9.64 Å². The molecule has 0 N–H and O–H groups in total. The molecule has 0 spiro atoms. The summed E-state index contributed by atoms with van der Waals surface area (Å²) in [5, 5.41) is 0. The third-order valence-electron chi connectivity index (χ3n) is 3.83. The summed E-state index contributed by atoms with van der Waals surface area (Å²) in [7, 11) is 0. The van der Waals surface area contributed by atoms with E-state index in [4.69, 9.17) is 4.74 Å². The monoisotopic (exact) mass is 323 g/mol. The second-order valence-corrected chi connectivity index (χ2v) is 5.42. The van der Waals surface area contributed by atoms with Gasteiger partial charge >= 0.3 is 5.97 Å². The zero-order chi connectivity index (χ0) is 16.9. The van der Waals surface area contributed by atoms with Crippen LogP contribution < -0.4 is 4.90 Å². The van der Waals surface area contributed by atoms with E-state index in [1.165, 1.54) is 12.1 Å². The number of esters is 1. The van der Waals surface area contributed by atoms with Gasteiger partial charge in [0, 0.05) is 24.0 Å². The molecule has 2 aromatic rings. The van der Waals surface area contributed by atoms with Crippen molar-refractivity contribution in [2.45, 2.75) is 12.8 Å². The first-order chi connectivity index (χ1) is 11.7. The summed E-state index contributed by atoms with van der Waals surface area (Å²) >= 11 is 0. The highest BCUT2D eigenvalue weighted by molar-refractivity contribution is 5.92. The SMILES string of the molecule is CCOC(=O)C1=CN(c2ccccc2)C=CC1c1cccc(F)c1. The van der Waals surface area contributed by atoms with E-state index in [1.807, 2.05) is 53.6 Å². The van der Waals surface area contributed by atoms with Gasteiger partial charge in [0.1, 0.15) is 5.82 Å². The predicted octanol–water partition coefficient (Wildman–Crippen LogP) is 4.39. The third kappa shape index (κ3) is 3.38. The van der Waals surface area contributed by atoms with Gasteiger partial charge in [0.25, 0.3) is 0 Å². The Labute approximate surface area is 140 Å². The van der Waals surface area contributed by atoms with Crippen molar-refractivity contribution in [3.05, 3.63) is 90.0 Å². The van der Waals surface area contributed by atoms with Crippen LogP contribution in [0.25, 0.3) is 0 Å². The summed E-state index contributed by atoms with van der Waals surface area (Å²) in [6, 6.07) is 16.0. The van der Waals surface area contributed by atoms with Gasteiger partial charge in [0.15, 0.2) is 0 Å². The number of halogens is 1. The summed E-state index contributed by atoms with van der Waals surface area (Å²) in [5.74, 6) is -1.05. The Morgan fingerprint density at radius 1 is 1.17 bits per heavy atom. The Balaban J connectivity index is 1.98. The van der Waals surface area contributed by atoms with E-state index in [9.17, 15) is 9.18 Å². The number of rotatable bonds is 4. The van der Waals surface area contributed by atoms with E-state index in [-0.39, 0.29) is 11.7 Å². The molecule has 122 valence electrons. The van der Waals surface area contributed by atoms with Crippen LogP contribution in [0.4, 0.5) is 10.1 Å². The molecular weight excluding hydrogens is 305 g/mol. The normalized spacial score (nSPS) is 16.7. The highest BCUT2D eigenvalue weighted by Crippen LogP contribution is 2.32. The minimum atomic E-state index is -0.392. The van der Waals surface area contributed by atoms with Gasteiger partial charge in [-0.1, -0.05) is 36.4 Å². The summed E-state index contributed by atoms with van der Waals surface area (Å²) in [6.45, 7) is 2.06. The lowest BCUT2D eigenvalue weighted by Gasteiger charge is -2.26. The van der Waals surface area contributed by atoms with E-state index in [2.05, 4.69) is 0 Å². The van der Waals surface area contributed by atoms with Crippen molar-refractivity contribution >= 4 is 11.7 Å². The number of nitrogens with zero attached hydrogens (tertiary/aromatic N) is 1. The van der Waals surface area contributed by atoms with Gasteiger partial charge in [0.2, 0.25) is 0 Å². The number of hydrogen-bond donors (Lipinski definition) is 0. The summed E-state index contributed by atoms with van der Waals surface area (Å²) in [6.07, 6.45) is 5.52. The van der Waals surface area contributed by atoms with Crippen molar-refractivity contribution < 1.29 is 13.9 Å². The minimum absolute atomic E-state index is 0.293. The van der Waals surface area contributed by atoms with Crippen LogP contribution in [0.5, 0.6) is 0 Å². The first-order valence-corrected chi connectivity index (χ1v) is 7.85. The van der Waals surface area contributed by atoms with Gasteiger partial charge in [-0.3, -0.25) is 0 Å². The molecule has 0 amide bonds. The van der Waals surface area contributed by atoms with E-state index < -0.39 is 5.97 Å². The second-order valence-electron chi connectivity index (χ2n) is 5.42. The summed E-state index contributed by atoms with van der Waals surface area (Å²) in [4.78, 5) is 14.3. The lowest BCUT2D eigenvalue weighted by molar-refractivity contribution is -0.138. The van der Waals surface area contributed by atoms with Gasteiger partial charge in [-0.05, 0) is 36.8 Å². The zero-order valence-electron chi connectivity index (χ0n) is 13.4. The lowest BCUT2D eigenvalue weighted by Crippen LogP contribution is -2.22. The standard InChI is InChI=1S/C20H18FNO2/c1-2-24-20(23)19-14-22(17-9-4-3-5-10-17)12-11-18(19)15-7-6-8-16(21)13-15/h3-14,18H,2H2,1H3.